The smallest absolute Gasteiger partial charge is 0.243 e. The number of hydrogen-bond acceptors (Lipinski definition) is 4. The molecule has 1 aliphatic rings. The number of methoxy groups -OCH3 is 1. The number of rotatable bonds is 8. The van der Waals surface area contributed by atoms with Gasteiger partial charge in [-0.2, -0.15) is 4.31 Å². The SMILES string of the molecule is COc1ccc(S(=O)(=O)N2CCCC2)cc1CCC(=O)N[C@@H](C)c1ccccc1. The Labute approximate surface area is 172 Å². The van der Waals surface area contributed by atoms with Crippen LogP contribution in [-0.4, -0.2) is 38.8 Å². The van der Waals surface area contributed by atoms with Gasteiger partial charge in [-0.25, -0.2) is 8.42 Å². The molecule has 1 heterocycles. The van der Waals surface area contributed by atoms with E-state index in [1.165, 1.54) is 4.31 Å². The van der Waals surface area contributed by atoms with Gasteiger partial charge in [0.2, 0.25) is 15.9 Å². The lowest BCUT2D eigenvalue weighted by molar-refractivity contribution is -0.121. The van der Waals surface area contributed by atoms with E-state index < -0.39 is 10.0 Å². The van der Waals surface area contributed by atoms with Crippen molar-refractivity contribution in [1.29, 1.82) is 0 Å². The Morgan fingerprint density at radius 3 is 2.48 bits per heavy atom. The lowest BCUT2D eigenvalue weighted by atomic mass is 10.1. The molecule has 1 aliphatic heterocycles. The monoisotopic (exact) mass is 416 g/mol. The second kappa shape index (κ2) is 9.41. The molecule has 0 spiro atoms. The molecule has 0 bridgehead atoms. The number of nitrogens with one attached hydrogen (secondary N) is 1. The van der Waals surface area contributed by atoms with Crippen LogP contribution in [0.3, 0.4) is 0 Å². The van der Waals surface area contributed by atoms with Gasteiger partial charge in [0.1, 0.15) is 5.75 Å². The summed E-state index contributed by atoms with van der Waals surface area (Å²) in [7, 11) is -1.96. The standard InChI is InChI=1S/C22H28N2O4S/c1-17(18-8-4-3-5-9-18)23-22(25)13-10-19-16-20(11-12-21(19)28-2)29(26,27)24-14-6-7-15-24/h3-5,8-9,11-12,16-17H,6-7,10,13-15H2,1-2H3,(H,23,25)/t17-/m0/s1. The van der Waals surface area contributed by atoms with E-state index in [2.05, 4.69) is 5.32 Å². The van der Waals surface area contributed by atoms with Crippen molar-refractivity contribution in [1.82, 2.24) is 9.62 Å². The van der Waals surface area contributed by atoms with Crippen LogP contribution in [0, 0.1) is 0 Å². The molecule has 7 heteroatoms. The summed E-state index contributed by atoms with van der Waals surface area (Å²) >= 11 is 0. The summed E-state index contributed by atoms with van der Waals surface area (Å²) in [5.74, 6) is 0.505. The zero-order valence-corrected chi connectivity index (χ0v) is 17.7. The molecule has 0 aliphatic carbocycles. The van der Waals surface area contributed by atoms with E-state index in [9.17, 15) is 13.2 Å². The van der Waals surface area contributed by atoms with E-state index >= 15 is 0 Å². The number of amides is 1. The summed E-state index contributed by atoms with van der Waals surface area (Å²) < 4.78 is 32.6. The van der Waals surface area contributed by atoms with Gasteiger partial charge in [-0.3, -0.25) is 4.79 Å². The molecule has 3 rings (SSSR count). The first kappa shape index (κ1) is 21.3. The van der Waals surface area contributed by atoms with Gasteiger partial charge >= 0.3 is 0 Å². The highest BCUT2D eigenvalue weighted by Crippen LogP contribution is 2.27. The lowest BCUT2D eigenvalue weighted by Gasteiger charge is -2.18. The first-order chi connectivity index (χ1) is 13.9. The van der Waals surface area contributed by atoms with Gasteiger partial charge in [0.05, 0.1) is 18.0 Å². The van der Waals surface area contributed by atoms with Crippen LogP contribution in [-0.2, 0) is 21.2 Å². The number of carbonyl (C=O) groups is 1. The van der Waals surface area contributed by atoms with Gasteiger partial charge in [0, 0.05) is 19.5 Å². The fraction of sp³-hybridized carbons (Fsp3) is 0.409. The van der Waals surface area contributed by atoms with Crippen molar-refractivity contribution in [3.63, 3.8) is 0 Å². The Hall–Kier alpha value is -2.38. The van der Waals surface area contributed by atoms with Gasteiger partial charge in [0.15, 0.2) is 0 Å². The number of sulfonamides is 1. The zero-order valence-electron chi connectivity index (χ0n) is 16.9. The Balaban J connectivity index is 1.68. The first-order valence-corrected chi connectivity index (χ1v) is 11.4. The third-order valence-corrected chi connectivity index (χ3v) is 7.15. The minimum Gasteiger partial charge on any atom is -0.496 e. The van der Waals surface area contributed by atoms with E-state index in [1.54, 1.807) is 25.3 Å². The Bertz CT molecular complexity index is 939. The Kier molecular flexibility index (Phi) is 6.92. The number of benzene rings is 2. The summed E-state index contributed by atoms with van der Waals surface area (Å²) in [5, 5.41) is 2.99. The highest BCUT2D eigenvalue weighted by Gasteiger charge is 2.27. The highest BCUT2D eigenvalue weighted by atomic mass is 32.2. The van der Waals surface area contributed by atoms with Gasteiger partial charge < -0.3 is 10.1 Å². The number of aryl methyl sites for hydroxylation is 1. The topological polar surface area (TPSA) is 75.7 Å². The molecular formula is C22H28N2O4S. The van der Waals surface area contributed by atoms with Crippen LogP contribution in [0.2, 0.25) is 0 Å². The summed E-state index contributed by atoms with van der Waals surface area (Å²) in [6.07, 6.45) is 2.44. The molecule has 1 atom stereocenters. The first-order valence-electron chi connectivity index (χ1n) is 9.93. The van der Waals surface area contributed by atoms with Crippen molar-refractivity contribution < 1.29 is 17.9 Å². The Morgan fingerprint density at radius 1 is 1.14 bits per heavy atom. The van der Waals surface area contributed by atoms with Crippen LogP contribution in [0.5, 0.6) is 5.75 Å². The van der Waals surface area contributed by atoms with Crippen molar-refractivity contribution in [2.75, 3.05) is 20.2 Å². The van der Waals surface area contributed by atoms with E-state index in [-0.39, 0.29) is 23.3 Å². The quantitative estimate of drug-likeness (QED) is 0.717. The fourth-order valence-corrected chi connectivity index (χ4v) is 5.14. The van der Waals surface area contributed by atoms with Crippen molar-refractivity contribution >= 4 is 15.9 Å². The van der Waals surface area contributed by atoms with E-state index in [4.69, 9.17) is 4.74 Å². The molecule has 1 saturated heterocycles. The lowest BCUT2D eigenvalue weighted by Crippen LogP contribution is -2.28. The average molecular weight is 417 g/mol. The maximum atomic E-state index is 12.8. The van der Waals surface area contributed by atoms with E-state index in [0.717, 1.165) is 24.0 Å². The molecule has 156 valence electrons. The van der Waals surface area contributed by atoms with Crippen molar-refractivity contribution in [2.45, 2.75) is 43.5 Å². The number of hydrogen-bond donors (Lipinski definition) is 1. The van der Waals surface area contributed by atoms with Gasteiger partial charge in [-0.1, -0.05) is 30.3 Å². The summed E-state index contributed by atoms with van der Waals surface area (Å²) in [6, 6.07) is 14.6. The van der Waals surface area contributed by atoms with Crippen molar-refractivity contribution in [2.24, 2.45) is 0 Å². The average Bonchev–Trinajstić information content (AvgIpc) is 3.28. The molecule has 2 aromatic carbocycles. The van der Waals surface area contributed by atoms with E-state index in [1.807, 2.05) is 37.3 Å². The second-order valence-electron chi connectivity index (χ2n) is 7.28. The molecule has 0 aromatic heterocycles. The van der Waals surface area contributed by atoms with Crippen LogP contribution in [0.25, 0.3) is 0 Å². The molecule has 1 amide bonds. The van der Waals surface area contributed by atoms with Crippen molar-refractivity contribution in [3.05, 3.63) is 59.7 Å². The normalized spacial score (nSPS) is 15.8. The van der Waals surface area contributed by atoms with Crippen LogP contribution in [0.1, 0.15) is 43.4 Å². The van der Waals surface area contributed by atoms with Crippen LogP contribution < -0.4 is 10.1 Å². The molecule has 2 aromatic rings. The molecule has 6 nitrogen and oxygen atoms in total. The number of ether oxygens (including phenoxy) is 1. The molecule has 29 heavy (non-hydrogen) atoms. The van der Waals surface area contributed by atoms with Gasteiger partial charge in [0.25, 0.3) is 0 Å². The third-order valence-electron chi connectivity index (χ3n) is 5.25. The Morgan fingerprint density at radius 2 is 1.83 bits per heavy atom. The maximum Gasteiger partial charge on any atom is 0.243 e. The summed E-state index contributed by atoms with van der Waals surface area (Å²) in [4.78, 5) is 12.7. The summed E-state index contributed by atoms with van der Waals surface area (Å²) in [6.45, 7) is 3.06. The fourth-order valence-electron chi connectivity index (χ4n) is 3.58. The molecule has 1 fully saturated rings. The van der Waals surface area contributed by atoms with Crippen molar-refractivity contribution in [3.8, 4) is 5.75 Å². The highest BCUT2D eigenvalue weighted by molar-refractivity contribution is 7.89. The summed E-state index contributed by atoms with van der Waals surface area (Å²) in [5.41, 5.74) is 1.76. The predicted octanol–water partition coefficient (Wildman–Crippen LogP) is 3.29. The second-order valence-corrected chi connectivity index (χ2v) is 9.22. The number of carbonyl (C=O) groups excluding carboxylic acids is 1. The molecule has 1 N–H and O–H groups in total. The van der Waals surface area contributed by atoms with Crippen LogP contribution >= 0.6 is 0 Å². The molecule has 0 unspecified atom stereocenters. The largest absolute Gasteiger partial charge is 0.496 e. The predicted molar refractivity (Wildman–Crippen MR) is 112 cm³/mol. The van der Waals surface area contributed by atoms with Crippen LogP contribution in [0.15, 0.2) is 53.4 Å². The third kappa shape index (κ3) is 5.16. The van der Waals surface area contributed by atoms with Crippen LogP contribution in [0.4, 0.5) is 0 Å². The zero-order chi connectivity index (χ0) is 20.9. The minimum absolute atomic E-state index is 0.0868. The maximum absolute atomic E-state index is 12.8. The molecule has 0 saturated carbocycles. The molecular weight excluding hydrogens is 388 g/mol. The number of nitrogens with zero attached hydrogens (tertiary/aromatic N) is 1. The van der Waals surface area contributed by atoms with Gasteiger partial charge in [-0.15, -0.1) is 0 Å². The van der Waals surface area contributed by atoms with E-state index in [0.29, 0.717) is 25.3 Å². The molecule has 0 radical (unpaired) electrons. The minimum atomic E-state index is -3.50. The van der Waals surface area contributed by atoms with Gasteiger partial charge in [-0.05, 0) is 55.5 Å².